The molecule has 0 radical (unpaired) electrons. The van der Waals surface area contributed by atoms with Gasteiger partial charge in [-0.1, -0.05) is 127 Å². The van der Waals surface area contributed by atoms with Crippen molar-refractivity contribution in [3.05, 3.63) is 200 Å². The number of hydrogen-bond acceptors (Lipinski definition) is 3. The summed E-state index contributed by atoms with van der Waals surface area (Å²) in [5.74, 6) is 0. The second-order valence-corrected chi connectivity index (χ2v) is 16.3. The smallest absolute Gasteiger partial charge is 0.143 e. The minimum Gasteiger partial charge on any atom is -0.455 e. The highest BCUT2D eigenvalue weighted by Crippen LogP contribution is 2.43. The van der Waals surface area contributed by atoms with Crippen molar-refractivity contribution >= 4 is 86.6 Å². The zero-order valence-corrected chi connectivity index (χ0v) is 32.4. The van der Waals surface area contributed by atoms with E-state index in [1.807, 2.05) is 17.4 Å². The van der Waals surface area contributed by atoms with Gasteiger partial charge >= 0.3 is 0 Å². The molecule has 58 heavy (non-hydrogen) atoms. The summed E-state index contributed by atoms with van der Waals surface area (Å²) in [7, 11) is 0. The molecule has 3 heterocycles. The molecular formula is C54H36N2OS. The van der Waals surface area contributed by atoms with E-state index in [2.05, 4.69) is 198 Å². The lowest BCUT2D eigenvalue weighted by atomic mass is 10.0. The lowest BCUT2D eigenvalue weighted by molar-refractivity contribution is 0.670. The first-order chi connectivity index (χ1) is 28.8. The van der Waals surface area contributed by atoms with Crippen LogP contribution in [0.5, 0.6) is 0 Å². The van der Waals surface area contributed by atoms with E-state index in [4.69, 9.17) is 4.42 Å². The number of fused-ring (bicyclic) bond motifs is 9. The Kier molecular flexibility index (Phi) is 7.54. The third-order valence-electron chi connectivity index (χ3n) is 11.9. The van der Waals surface area contributed by atoms with E-state index in [1.54, 1.807) is 0 Å². The van der Waals surface area contributed by atoms with Crippen LogP contribution in [0.1, 0.15) is 12.8 Å². The van der Waals surface area contributed by atoms with Crippen LogP contribution in [0.3, 0.4) is 0 Å². The zero-order valence-electron chi connectivity index (χ0n) is 31.6. The van der Waals surface area contributed by atoms with Crippen molar-refractivity contribution in [1.82, 2.24) is 4.57 Å². The first-order valence-corrected chi connectivity index (χ1v) is 20.8. The Bertz CT molecular complexity index is 3470. The number of allylic oxidation sites excluding steroid dienone is 4. The lowest BCUT2D eigenvalue weighted by Gasteiger charge is -2.29. The van der Waals surface area contributed by atoms with Crippen LogP contribution in [-0.2, 0) is 0 Å². The van der Waals surface area contributed by atoms with Gasteiger partial charge in [-0.3, -0.25) is 0 Å². The van der Waals surface area contributed by atoms with Crippen molar-refractivity contribution in [2.75, 3.05) is 4.90 Å². The van der Waals surface area contributed by atoms with Gasteiger partial charge in [-0.05, 0) is 90.7 Å². The molecule has 0 saturated carbocycles. The van der Waals surface area contributed by atoms with E-state index in [0.717, 1.165) is 68.5 Å². The average molecular weight is 761 g/mol. The molecule has 0 fully saturated rings. The highest BCUT2D eigenvalue weighted by atomic mass is 32.1. The van der Waals surface area contributed by atoms with Gasteiger partial charge in [0.1, 0.15) is 11.2 Å². The number of nitrogens with zero attached hydrogens (tertiary/aromatic N) is 2. The third-order valence-corrected chi connectivity index (χ3v) is 13.0. The molecule has 0 amide bonds. The fourth-order valence-electron chi connectivity index (χ4n) is 9.18. The van der Waals surface area contributed by atoms with Crippen molar-refractivity contribution < 1.29 is 4.42 Å². The molecule has 0 N–H and O–H groups in total. The number of furan rings is 1. The molecule has 0 aliphatic heterocycles. The van der Waals surface area contributed by atoms with Crippen molar-refractivity contribution in [1.29, 1.82) is 0 Å². The summed E-state index contributed by atoms with van der Waals surface area (Å²) < 4.78 is 11.7. The molecule has 0 bridgehead atoms. The van der Waals surface area contributed by atoms with Crippen molar-refractivity contribution in [2.45, 2.75) is 12.8 Å². The van der Waals surface area contributed by atoms with Gasteiger partial charge in [-0.25, -0.2) is 0 Å². The number of para-hydroxylation sites is 4. The van der Waals surface area contributed by atoms with E-state index < -0.39 is 0 Å². The van der Waals surface area contributed by atoms with Crippen LogP contribution in [0.4, 0.5) is 11.4 Å². The van der Waals surface area contributed by atoms with Crippen molar-refractivity contribution in [2.24, 2.45) is 0 Å². The number of aromatic nitrogens is 1. The van der Waals surface area contributed by atoms with Gasteiger partial charge in [0.25, 0.3) is 0 Å². The Morgan fingerprint density at radius 3 is 2.10 bits per heavy atom. The molecule has 3 aromatic heterocycles. The van der Waals surface area contributed by atoms with Crippen molar-refractivity contribution in [3.8, 4) is 27.9 Å². The normalized spacial score (nSPS) is 13.1. The Balaban J connectivity index is 1.02. The van der Waals surface area contributed by atoms with Gasteiger partial charge in [0, 0.05) is 69.9 Å². The summed E-state index contributed by atoms with van der Waals surface area (Å²) in [6.45, 7) is 0. The molecule has 0 atom stereocenters. The standard InChI is InChI=1S/C54H36N2OS/c1-2-13-37(14-3-1)55(38-28-25-35(26-29-38)36-27-32-53-47(33-36)44-18-7-11-24-52(44)58-53)39-30-31-42-40-15-4-8-21-48(40)56(50(42)34-39)49-22-9-5-16-41(49)45-19-12-20-46-43-17-6-10-23-51(43)57-54(45)46/h1-2,4-13,15-34H,3,14H2. The SMILES string of the molecule is C1=CCCC(N(c2ccc(-c3ccc4sc5ccccc5c4c3)cc2)c2ccc3c4ccccc4n(-c4ccccc4-c4cccc5c4oc4ccccc45)c3c2)=C1. The highest BCUT2D eigenvalue weighted by Gasteiger charge is 2.22. The topological polar surface area (TPSA) is 21.3 Å². The quantitative estimate of drug-likeness (QED) is 0.168. The number of benzene rings is 8. The predicted octanol–water partition coefficient (Wildman–Crippen LogP) is 15.8. The molecule has 274 valence electrons. The molecule has 0 unspecified atom stereocenters. The second kappa shape index (κ2) is 13.2. The van der Waals surface area contributed by atoms with Crippen LogP contribution in [0.15, 0.2) is 204 Å². The Morgan fingerprint density at radius 2 is 1.21 bits per heavy atom. The molecule has 12 rings (SSSR count). The highest BCUT2D eigenvalue weighted by molar-refractivity contribution is 7.25. The largest absolute Gasteiger partial charge is 0.455 e. The van der Waals surface area contributed by atoms with E-state index >= 15 is 0 Å². The summed E-state index contributed by atoms with van der Waals surface area (Å²) in [5.41, 5.74) is 13.5. The first kappa shape index (κ1) is 33.0. The van der Waals surface area contributed by atoms with Crippen LogP contribution in [0.25, 0.3) is 91.9 Å². The summed E-state index contributed by atoms with van der Waals surface area (Å²) in [4.78, 5) is 2.45. The van der Waals surface area contributed by atoms with E-state index in [1.165, 1.54) is 53.3 Å². The lowest BCUT2D eigenvalue weighted by Crippen LogP contribution is -2.17. The molecule has 4 heteroatoms. The maximum atomic E-state index is 6.59. The fourth-order valence-corrected chi connectivity index (χ4v) is 10.3. The number of rotatable bonds is 6. The molecule has 3 nitrogen and oxygen atoms in total. The molecule has 0 spiro atoms. The molecule has 0 saturated heterocycles. The Morgan fingerprint density at radius 1 is 0.500 bits per heavy atom. The van der Waals surface area contributed by atoms with Crippen molar-refractivity contribution in [3.63, 3.8) is 0 Å². The minimum absolute atomic E-state index is 0.904. The molecular weight excluding hydrogens is 725 g/mol. The summed E-state index contributed by atoms with van der Waals surface area (Å²) in [6.07, 6.45) is 8.71. The number of hydrogen-bond donors (Lipinski definition) is 0. The summed E-state index contributed by atoms with van der Waals surface area (Å²) in [5, 5.41) is 7.36. The Labute approximate surface area is 339 Å². The van der Waals surface area contributed by atoms with Crippen LogP contribution < -0.4 is 4.90 Å². The summed E-state index contributed by atoms with van der Waals surface area (Å²) in [6, 6.07) is 64.1. The zero-order chi connectivity index (χ0) is 38.2. The van der Waals surface area contributed by atoms with Gasteiger partial charge in [0.15, 0.2) is 0 Å². The second-order valence-electron chi connectivity index (χ2n) is 15.2. The van der Waals surface area contributed by atoms with Gasteiger partial charge < -0.3 is 13.9 Å². The summed E-state index contributed by atoms with van der Waals surface area (Å²) >= 11 is 1.86. The predicted molar refractivity (Wildman–Crippen MR) is 247 cm³/mol. The van der Waals surface area contributed by atoms with Gasteiger partial charge in [-0.2, -0.15) is 0 Å². The monoisotopic (exact) mass is 760 g/mol. The van der Waals surface area contributed by atoms with Gasteiger partial charge in [-0.15, -0.1) is 11.3 Å². The van der Waals surface area contributed by atoms with E-state index in [0.29, 0.717) is 0 Å². The minimum atomic E-state index is 0.904. The fraction of sp³-hybridized carbons (Fsp3) is 0.0370. The van der Waals surface area contributed by atoms with Crippen LogP contribution in [0.2, 0.25) is 0 Å². The van der Waals surface area contributed by atoms with E-state index in [-0.39, 0.29) is 0 Å². The molecule has 11 aromatic rings. The maximum absolute atomic E-state index is 6.59. The van der Waals surface area contributed by atoms with Crippen LogP contribution >= 0.6 is 11.3 Å². The van der Waals surface area contributed by atoms with E-state index in [9.17, 15) is 0 Å². The number of thiophene rings is 1. The molecule has 8 aromatic carbocycles. The average Bonchev–Trinajstić information content (AvgIpc) is 3.96. The third kappa shape index (κ3) is 5.19. The first-order valence-electron chi connectivity index (χ1n) is 20.0. The molecule has 1 aliphatic rings. The molecule has 1 aliphatic carbocycles. The Hall–Kier alpha value is -7.14. The maximum Gasteiger partial charge on any atom is 0.143 e. The van der Waals surface area contributed by atoms with Gasteiger partial charge in [0.05, 0.1) is 16.7 Å². The van der Waals surface area contributed by atoms with Gasteiger partial charge in [0.2, 0.25) is 0 Å². The van der Waals surface area contributed by atoms with Crippen LogP contribution in [-0.4, -0.2) is 4.57 Å². The number of anilines is 2. The van der Waals surface area contributed by atoms with Crippen LogP contribution in [0, 0.1) is 0 Å².